The minimum Gasteiger partial charge on any atom is -0.390 e. The predicted molar refractivity (Wildman–Crippen MR) is 187 cm³/mol. The maximum absolute atomic E-state index is 13.8. The molecule has 1 aromatic carbocycles. The van der Waals surface area contributed by atoms with Crippen LogP contribution in [0.25, 0.3) is 0 Å². The number of nitrogens with zero attached hydrogens (tertiary/aromatic N) is 2. The summed E-state index contributed by atoms with van der Waals surface area (Å²) in [4.78, 5) is 44.7. The van der Waals surface area contributed by atoms with Crippen molar-refractivity contribution in [2.45, 2.75) is 115 Å². The van der Waals surface area contributed by atoms with Crippen molar-refractivity contribution < 1.29 is 24.6 Å². The van der Waals surface area contributed by atoms with Crippen LogP contribution in [0, 0.1) is 36.5 Å². The maximum atomic E-state index is 13.8. The van der Waals surface area contributed by atoms with Crippen LogP contribution in [-0.2, 0) is 20.8 Å². The Bertz CT molecular complexity index is 1150. The highest BCUT2D eigenvalue weighted by atomic mass is 16.3. The number of hydrogen-bond donors (Lipinski definition) is 4. The molecular formula is C38H58N4O5. The number of terminal acetylenes is 2. The predicted octanol–water partition coefficient (Wildman–Crippen LogP) is 3.52. The van der Waals surface area contributed by atoms with Crippen molar-refractivity contribution in [1.29, 1.82) is 0 Å². The first-order valence-corrected chi connectivity index (χ1v) is 17.5. The molecule has 0 saturated heterocycles. The topological polar surface area (TPSA) is 122 Å². The number of carbonyl (C=O) groups is 3. The SMILES string of the molecule is C#CCCCC(O)C(O)C(CC1CCCCC1)NC(=O)C(CC#C)NC(=O)C(CC(=O)N(C)CCN(CC)CC)Cc1ccccc1. The lowest BCUT2D eigenvalue weighted by Gasteiger charge is -2.33. The highest BCUT2D eigenvalue weighted by molar-refractivity contribution is 5.91. The van der Waals surface area contributed by atoms with Crippen LogP contribution in [0.4, 0.5) is 0 Å². The first kappa shape index (κ1) is 39.8. The van der Waals surface area contributed by atoms with E-state index in [2.05, 4.69) is 41.2 Å². The highest BCUT2D eigenvalue weighted by Gasteiger charge is 2.34. The monoisotopic (exact) mass is 650 g/mol. The molecule has 0 aliphatic heterocycles. The van der Waals surface area contributed by atoms with Gasteiger partial charge in [-0.15, -0.1) is 24.7 Å². The summed E-state index contributed by atoms with van der Waals surface area (Å²) >= 11 is 0. The fourth-order valence-corrected chi connectivity index (χ4v) is 6.30. The summed E-state index contributed by atoms with van der Waals surface area (Å²) in [5.74, 6) is 3.51. The Balaban J connectivity index is 2.20. The van der Waals surface area contributed by atoms with Crippen LogP contribution in [-0.4, -0.2) is 95.3 Å². The number of aliphatic hydroxyl groups is 2. The van der Waals surface area contributed by atoms with Crippen LogP contribution >= 0.6 is 0 Å². The normalized spacial score (nSPS) is 16.6. The minimum absolute atomic E-state index is 0.0211. The van der Waals surface area contributed by atoms with E-state index >= 15 is 0 Å². The lowest BCUT2D eigenvalue weighted by molar-refractivity contribution is -0.137. The molecule has 3 amide bonds. The summed E-state index contributed by atoms with van der Waals surface area (Å²) in [5, 5.41) is 27.7. The van der Waals surface area contributed by atoms with E-state index in [-0.39, 0.29) is 18.7 Å². The average Bonchev–Trinajstić information content (AvgIpc) is 3.08. The Morgan fingerprint density at radius 3 is 2.26 bits per heavy atom. The molecule has 9 nitrogen and oxygen atoms in total. The number of unbranched alkanes of at least 4 members (excludes halogenated alkanes) is 1. The van der Waals surface area contributed by atoms with Crippen molar-refractivity contribution in [2.24, 2.45) is 11.8 Å². The zero-order valence-corrected chi connectivity index (χ0v) is 28.8. The Labute approximate surface area is 283 Å². The van der Waals surface area contributed by atoms with Gasteiger partial charge < -0.3 is 30.6 Å². The molecule has 0 heterocycles. The molecule has 9 heteroatoms. The quantitative estimate of drug-likeness (QED) is 0.119. The summed E-state index contributed by atoms with van der Waals surface area (Å²) in [6.07, 6.45) is 16.2. The minimum atomic E-state index is -1.20. The zero-order valence-electron chi connectivity index (χ0n) is 28.8. The molecule has 4 N–H and O–H groups in total. The molecule has 0 radical (unpaired) electrons. The number of likely N-dealkylation sites (N-methyl/N-ethyl adjacent to an activating group) is 2. The Morgan fingerprint density at radius 2 is 1.64 bits per heavy atom. The van der Waals surface area contributed by atoms with E-state index in [9.17, 15) is 24.6 Å². The third kappa shape index (κ3) is 14.5. The number of hydrogen-bond acceptors (Lipinski definition) is 6. The number of aliphatic hydroxyl groups excluding tert-OH is 2. The molecule has 260 valence electrons. The fourth-order valence-electron chi connectivity index (χ4n) is 6.30. The molecule has 0 aromatic heterocycles. The van der Waals surface area contributed by atoms with Crippen LogP contribution < -0.4 is 10.6 Å². The molecule has 1 fully saturated rings. The smallest absolute Gasteiger partial charge is 0.243 e. The molecular weight excluding hydrogens is 592 g/mol. The molecule has 5 unspecified atom stereocenters. The van der Waals surface area contributed by atoms with E-state index in [1.54, 1.807) is 11.9 Å². The van der Waals surface area contributed by atoms with Gasteiger partial charge in [-0.1, -0.05) is 76.3 Å². The second kappa shape index (κ2) is 22.2. The largest absolute Gasteiger partial charge is 0.390 e. The van der Waals surface area contributed by atoms with Gasteiger partial charge in [0.1, 0.15) is 6.04 Å². The van der Waals surface area contributed by atoms with Crippen LogP contribution in [0.2, 0.25) is 0 Å². The van der Waals surface area contributed by atoms with Crippen LogP contribution in [0.3, 0.4) is 0 Å². The first-order chi connectivity index (χ1) is 22.6. The van der Waals surface area contributed by atoms with Gasteiger partial charge in [0, 0.05) is 39.4 Å². The third-order valence-electron chi connectivity index (χ3n) is 9.41. The van der Waals surface area contributed by atoms with Gasteiger partial charge in [-0.2, -0.15) is 0 Å². The fraction of sp³-hybridized carbons (Fsp3) is 0.658. The number of rotatable bonds is 21. The van der Waals surface area contributed by atoms with E-state index in [0.717, 1.165) is 50.9 Å². The van der Waals surface area contributed by atoms with E-state index in [4.69, 9.17) is 12.8 Å². The van der Waals surface area contributed by atoms with E-state index < -0.39 is 42.0 Å². The average molecular weight is 651 g/mol. The van der Waals surface area contributed by atoms with Gasteiger partial charge in [0.25, 0.3) is 0 Å². The van der Waals surface area contributed by atoms with Crippen LogP contribution in [0.1, 0.15) is 90.0 Å². The summed E-state index contributed by atoms with van der Waals surface area (Å²) in [6.45, 7) is 7.22. The van der Waals surface area contributed by atoms with E-state index in [1.807, 2.05) is 30.3 Å². The lowest BCUT2D eigenvalue weighted by atomic mass is 9.82. The molecule has 5 atom stereocenters. The van der Waals surface area contributed by atoms with Crippen molar-refractivity contribution >= 4 is 17.7 Å². The number of nitrogens with one attached hydrogen (secondary N) is 2. The van der Waals surface area contributed by atoms with Gasteiger partial charge in [0.05, 0.1) is 24.2 Å². The summed E-state index contributed by atoms with van der Waals surface area (Å²) in [7, 11) is 1.75. The van der Waals surface area contributed by atoms with Crippen molar-refractivity contribution in [1.82, 2.24) is 20.4 Å². The summed E-state index contributed by atoms with van der Waals surface area (Å²) in [6, 6.07) is 7.69. The summed E-state index contributed by atoms with van der Waals surface area (Å²) in [5.41, 5.74) is 0.902. The van der Waals surface area contributed by atoms with Gasteiger partial charge in [0.15, 0.2) is 0 Å². The molecule has 0 spiro atoms. The van der Waals surface area contributed by atoms with Crippen LogP contribution in [0.5, 0.6) is 0 Å². The Kier molecular flexibility index (Phi) is 18.8. The van der Waals surface area contributed by atoms with Crippen molar-refractivity contribution in [2.75, 3.05) is 33.2 Å². The number of amides is 3. The standard InChI is InChI=1S/C38H58N4O5/c1-6-10-13-23-34(43)36(45)33(27-30-21-16-12-17-22-30)40-38(47)32(18-7-2)39-37(46)31(26-29-19-14-11-15-20-29)28-35(44)41(5)24-25-42(8-3)9-4/h1-2,11,14-15,19-20,30-34,36,43,45H,8-10,12-13,16-18,21-28H2,3-5H3,(H,39,46)(H,40,47). The highest BCUT2D eigenvalue weighted by Crippen LogP contribution is 2.29. The van der Waals surface area contributed by atoms with E-state index in [0.29, 0.717) is 44.6 Å². The van der Waals surface area contributed by atoms with E-state index in [1.165, 1.54) is 6.42 Å². The lowest BCUT2D eigenvalue weighted by Crippen LogP contribution is -2.56. The Morgan fingerprint density at radius 1 is 0.957 bits per heavy atom. The van der Waals surface area contributed by atoms with Gasteiger partial charge >= 0.3 is 0 Å². The second-order valence-corrected chi connectivity index (χ2v) is 12.9. The van der Waals surface area contributed by atoms with Gasteiger partial charge in [0.2, 0.25) is 17.7 Å². The van der Waals surface area contributed by atoms with Crippen molar-refractivity contribution in [3.63, 3.8) is 0 Å². The summed E-state index contributed by atoms with van der Waals surface area (Å²) < 4.78 is 0. The molecule has 47 heavy (non-hydrogen) atoms. The Hall–Kier alpha value is -3.37. The molecule has 1 aliphatic carbocycles. The first-order valence-electron chi connectivity index (χ1n) is 17.5. The van der Waals surface area contributed by atoms with Gasteiger partial charge in [-0.25, -0.2) is 0 Å². The van der Waals surface area contributed by atoms with Crippen molar-refractivity contribution in [3.05, 3.63) is 35.9 Å². The molecule has 2 rings (SSSR count). The maximum Gasteiger partial charge on any atom is 0.243 e. The van der Waals surface area contributed by atoms with Gasteiger partial charge in [-0.3, -0.25) is 14.4 Å². The van der Waals surface area contributed by atoms with Crippen molar-refractivity contribution in [3.8, 4) is 24.7 Å². The molecule has 1 saturated carbocycles. The van der Waals surface area contributed by atoms with Crippen LogP contribution in [0.15, 0.2) is 30.3 Å². The number of benzene rings is 1. The third-order valence-corrected chi connectivity index (χ3v) is 9.41. The molecule has 0 bridgehead atoms. The van der Waals surface area contributed by atoms with Gasteiger partial charge in [-0.05, 0) is 50.3 Å². The molecule has 1 aliphatic rings. The zero-order chi connectivity index (χ0) is 34.6. The number of carbonyl (C=O) groups excluding carboxylic acids is 3. The molecule has 1 aromatic rings. The second-order valence-electron chi connectivity index (χ2n) is 12.9.